The largest absolute Gasteiger partial charge is 0.336 e. The van der Waals surface area contributed by atoms with Gasteiger partial charge in [-0.1, -0.05) is 34.1 Å². The minimum Gasteiger partial charge on any atom is -0.336 e. The Balaban J connectivity index is 1.95. The van der Waals surface area contributed by atoms with E-state index < -0.39 is 11.6 Å². The smallest absolute Gasteiger partial charge is 0.256 e. The normalized spacial score (nSPS) is 15.6. The zero-order valence-electron chi connectivity index (χ0n) is 13.2. The maximum absolute atomic E-state index is 14.9. The van der Waals surface area contributed by atoms with Gasteiger partial charge in [0.1, 0.15) is 11.6 Å². The highest BCUT2D eigenvalue weighted by molar-refractivity contribution is 9.10. The van der Waals surface area contributed by atoms with Crippen LogP contribution < -0.4 is 0 Å². The highest BCUT2D eigenvalue weighted by Gasteiger charge is 2.24. The van der Waals surface area contributed by atoms with E-state index in [9.17, 15) is 13.6 Å². The number of likely N-dealkylation sites (N-methyl/N-ethyl adjacent to an activating group) is 1. The Bertz CT molecular complexity index is 774. The van der Waals surface area contributed by atoms with Crippen LogP contribution in [0.25, 0.3) is 11.1 Å². The zero-order chi connectivity index (χ0) is 17.3. The van der Waals surface area contributed by atoms with Gasteiger partial charge < -0.3 is 9.80 Å². The average molecular weight is 395 g/mol. The van der Waals surface area contributed by atoms with Gasteiger partial charge in [0.05, 0.1) is 5.56 Å². The van der Waals surface area contributed by atoms with Crippen molar-refractivity contribution >= 4 is 21.8 Å². The molecule has 0 saturated carbocycles. The molecule has 0 unspecified atom stereocenters. The van der Waals surface area contributed by atoms with E-state index in [-0.39, 0.29) is 22.6 Å². The Morgan fingerprint density at radius 2 is 1.75 bits per heavy atom. The summed E-state index contributed by atoms with van der Waals surface area (Å²) in [6.45, 7) is 2.64. The third-order valence-electron chi connectivity index (χ3n) is 4.24. The van der Waals surface area contributed by atoms with Gasteiger partial charge in [0.25, 0.3) is 5.91 Å². The highest BCUT2D eigenvalue weighted by atomic mass is 79.9. The van der Waals surface area contributed by atoms with Crippen molar-refractivity contribution in [2.75, 3.05) is 33.2 Å². The number of hydrogen-bond acceptors (Lipinski definition) is 2. The second kappa shape index (κ2) is 6.99. The zero-order valence-corrected chi connectivity index (χ0v) is 14.8. The summed E-state index contributed by atoms with van der Waals surface area (Å²) >= 11 is 3.18. The molecule has 1 aliphatic heterocycles. The van der Waals surface area contributed by atoms with Crippen LogP contribution in [0.15, 0.2) is 40.9 Å². The van der Waals surface area contributed by atoms with Crippen LogP contribution in [-0.2, 0) is 0 Å². The molecule has 0 N–H and O–H groups in total. The molecule has 0 atom stereocenters. The number of carbonyl (C=O) groups excluding carboxylic acids is 1. The van der Waals surface area contributed by atoms with E-state index in [2.05, 4.69) is 20.8 Å². The molecule has 1 amide bonds. The minimum absolute atomic E-state index is 0.0145. The number of amides is 1. The van der Waals surface area contributed by atoms with Gasteiger partial charge in [-0.2, -0.15) is 0 Å². The highest BCUT2D eigenvalue weighted by Crippen LogP contribution is 2.29. The molecule has 1 heterocycles. The number of hydrogen-bond donors (Lipinski definition) is 0. The van der Waals surface area contributed by atoms with Crippen LogP contribution in [0.2, 0.25) is 0 Å². The summed E-state index contributed by atoms with van der Waals surface area (Å²) in [5.74, 6) is -1.56. The maximum atomic E-state index is 14.9. The SMILES string of the molecule is CN1CCN(C(=O)c2cccc(-c3ccc(Br)cc3F)c2F)CC1. The first-order valence-corrected chi connectivity index (χ1v) is 8.48. The van der Waals surface area contributed by atoms with Gasteiger partial charge in [0.15, 0.2) is 0 Å². The molecule has 0 bridgehead atoms. The monoisotopic (exact) mass is 394 g/mol. The Morgan fingerprint density at radius 1 is 1.04 bits per heavy atom. The van der Waals surface area contributed by atoms with Crippen molar-refractivity contribution in [1.82, 2.24) is 9.80 Å². The van der Waals surface area contributed by atoms with Gasteiger partial charge in [-0.25, -0.2) is 8.78 Å². The first-order chi connectivity index (χ1) is 11.5. The fourth-order valence-electron chi connectivity index (χ4n) is 2.79. The molecule has 2 aromatic carbocycles. The fraction of sp³-hybridized carbons (Fsp3) is 0.278. The standard InChI is InChI=1S/C18H17BrF2N2O/c1-22-7-9-23(10-8-22)18(24)15-4-2-3-14(17(15)21)13-6-5-12(19)11-16(13)20/h2-6,11H,7-10H2,1H3. The molecule has 1 fully saturated rings. The van der Waals surface area contributed by atoms with Crippen LogP contribution in [0.1, 0.15) is 10.4 Å². The lowest BCUT2D eigenvalue weighted by Gasteiger charge is -2.32. The van der Waals surface area contributed by atoms with Gasteiger partial charge in [0.2, 0.25) is 0 Å². The Morgan fingerprint density at radius 3 is 2.42 bits per heavy atom. The van der Waals surface area contributed by atoms with E-state index in [4.69, 9.17) is 0 Å². The molecular formula is C18H17BrF2N2O. The lowest BCUT2D eigenvalue weighted by molar-refractivity contribution is 0.0659. The number of halogens is 3. The van der Waals surface area contributed by atoms with Crippen molar-refractivity contribution < 1.29 is 13.6 Å². The predicted octanol–water partition coefficient (Wildman–Crippen LogP) is 3.78. The topological polar surface area (TPSA) is 23.6 Å². The molecule has 0 radical (unpaired) electrons. The third-order valence-corrected chi connectivity index (χ3v) is 4.73. The van der Waals surface area contributed by atoms with Crippen molar-refractivity contribution in [3.8, 4) is 11.1 Å². The molecule has 1 saturated heterocycles. The van der Waals surface area contributed by atoms with Gasteiger partial charge >= 0.3 is 0 Å². The molecule has 6 heteroatoms. The van der Waals surface area contributed by atoms with Crippen LogP contribution >= 0.6 is 15.9 Å². The van der Waals surface area contributed by atoms with E-state index >= 15 is 0 Å². The molecule has 0 aromatic heterocycles. The third kappa shape index (κ3) is 3.35. The first kappa shape index (κ1) is 17.0. The van der Waals surface area contributed by atoms with Crippen molar-refractivity contribution in [3.63, 3.8) is 0 Å². The Labute approximate surface area is 148 Å². The van der Waals surface area contributed by atoms with Crippen LogP contribution in [0, 0.1) is 11.6 Å². The van der Waals surface area contributed by atoms with E-state index in [1.807, 2.05) is 7.05 Å². The Kier molecular flexibility index (Phi) is 4.96. The van der Waals surface area contributed by atoms with E-state index in [1.165, 1.54) is 24.3 Å². The van der Waals surface area contributed by atoms with E-state index in [0.717, 1.165) is 13.1 Å². The second-order valence-electron chi connectivity index (χ2n) is 5.89. The predicted molar refractivity (Wildman–Crippen MR) is 92.9 cm³/mol. The first-order valence-electron chi connectivity index (χ1n) is 7.69. The number of rotatable bonds is 2. The molecule has 3 rings (SSSR count). The lowest BCUT2D eigenvalue weighted by Crippen LogP contribution is -2.47. The summed E-state index contributed by atoms with van der Waals surface area (Å²) in [6.07, 6.45) is 0. The summed E-state index contributed by atoms with van der Waals surface area (Å²) in [6, 6.07) is 8.96. The molecule has 0 aliphatic carbocycles. The van der Waals surface area contributed by atoms with Crippen LogP contribution in [-0.4, -0.2) is 48.9 Å². The number of piperazine rings is 1. The van der Waals surface area contributed by atoms with Crippen molar-refractivity contribution in [1.29, 1.82) is 0 Å². The van der Waals surface area contributed by atoms with Crippen molar-refractivity contribution in [2.45, 2.75) is 0 Å². The molecule has 0 spiro atoms. The van der Waals surface area contributed by atoms with Gasteiger partial charge in [-0.15, -0.1) is 0 Å². The second-order valence-corrected chi connectivity index (χ2v) is 6.80. The van der Waals surface area contributed by atoms with E-state index in [1.54, 1.807) is 17.0 Å². The summed E-state index contributed by atoms with van der Waals surface area (Å²) < 4.78 is 29.6. The van der Waals surface area contributed by atoms with Crippen LogP contribution in [0.4, 0.5) is 8.78 Å². The molecule has 2 aromatic rings. The summed E-state index contributed by atoms with van der Waals surface area (Å²) in [4.78, 5) is 16.4. The van der Waals surface area contributed by atoms with E-state index in [0.29, 0.717) is 17.6 Å². The quantitative estimate of drug-likeness (QED) is 0.773. The van der Waals surface area contributed by atoms with Crippen molar-refractivity contribution in [2.24, 2.45) is 0 Å². The molecule has 126 valence electrons. The summed E-state index contributed by atoms with van der Waals surface area (Å²) in [7, 11) is 1.99. The number of nitrogens with zero attached hydrogens (tertiary/aromatic N) is 2. The molecule has 3 nitrogen and oxygen atoms in total. The molecule has 1 aliphatic rings. The Hall–Kier alpha value is -1.79. The number of benzene rings is 2. The average Bonchev–Trinajstić information content (AvgIpc) is 2.56. The summed E-state index contributed by atoms with van der Waals surface area (Å²) in [5, 5.41) is 0. The minimum atomic E-state index is -0.678. The van der Waals surface area contributed by atoms with Crippen molar-refractivity contribution in [3.05, 3.63) is 58.1 Å². The van der Waals surface area contributed by atoms with Gasteiger partial charge in [-0.05, 0) is 25.2 Å². The lowest BCUT2D eigenvalue weighted by atomic mass is 10.0. The summed E-state index contributed by atoms with van der Waals surface area (Å²) in [5.41, 5.74) is 0.225. The van der Waals surface area contributed by atoms with Crippen LogP contribution in [0.3, 0.4) is 0 Å². The molecule has 24 heavy (non-hydrogen) atoms. The fourth-order valence-corrected chi connectivity index (χ4v) is 3.13. The number of carbonyl (C=O) groups is 1. The molecular weight excluding hydrogens is 378 g/mol. The van der Waals surface area contributed by atoms with Gasteiger partial charge in [0, 0.05) is 41.8 Å². The van der Waals surface area contributed by atoms with Crippen LogP contribution in [0.5, 0.6) is 0 Å². The maximum Gasteiger partial charge on any atom is 0.256 e. The van der Waals surface area contributed by atoms with Gasteiger partial charge in [-0.3, -0.25) is 4.79 Å².